The maximum atomic E-state index is 2.37. The molecule has 0 fully saturated rings. The van der Waals surface area contributed by atoms with Crippen molar-refractivity contribution in [2.24, 2.45) is 0 Å². The van der Waals surface area contributed by atoms with Gasteiger partial charge in [-0.05, 0) is 43.6 Å². The van der Waals surface area contributed by atoms with Crippen LogP contribution >= 0.6 is 0 Å². The summed E-state index contributed by atoms with van der Waals surface area (Å²) in [6.07, 6.45) is 2.39. The summed E-state index contributed by atoms with van der Waals surface area (Å²) in [4.78, 5) is 2.37. The Morgan fingerprint density at radius 2 is 1.58 bits per heavy atom. The summed E-state index contributed by atoms with van der Waals surface area (Å²) < 4.78 is 0. The molecule has 0 amide bonds. The van der Waals surface area contributed by atoms with Gasteiger partial charge in [-0.15, -0.1) is 0 Å². The Kier molecular flexibility index (Phi) is 3.39. The average molecular weight is 251 g/mol. The molecule has 0 bridgehead atoms. The van der Waals surface area contributed by atoms with E-state index in [9.17, 15) is 0 Å². The molecular formula is C18H21N. The van der Waals surface area contributed by atoms with Gasteiger partial charge in [0.2, 0.25) is 0 Å². The molecule has 1 unspecified atom stereocenters. The van der Waals surface area contributed by atoms with Crippen molar-refractivity contribution in [1.82, 2.24) is 4.90 Å². The van der Waals surface area contributed by atoms with Crippen LogP contribution in [-0.4, -0.2) is 25.0 Å². The van der Waals surface area contributed by atoms with E-state index in [4.69, 9.17) is 0 Å². The summed E-state index contributed by atoms with van der Waals surface area (Å²) in [5.74, 6) is 0.540. The van der Waals surface area contributed by atoms with Gasteiger partial charge in [-0.3, -0.25) is 0 Å². The van der Waals surface area contributed by atoms with E-state index in [-0.39, 0.29) is 0 Å². The molecule has 0 spiro atoms. The first-order chi connectivity index (χ1) is 9.25. The molecule has 3 rings (SSSR count). The van der Waals surface area contributed by atoms with Crippen molar-refractivity contribution in [3.8, 4) is 0 Å². The van der Waals surface area contributed by atoms with Crippen molar-refractivity contribution >= 4 is 0 Å². The van der Waals surface area contributed by atoms with Gasteiger partial charge < -0.3 is 4.90 Å². The Bertz CT molecular complexity index is 545. The first kappa shape index (κ1) is 12.4. The highest BCUT2D eigenvalue weighted by molar-refractivity contribution is 5.40. The van der Waals surface area contributed by atoms with Crippen LogP contribution in [0.15, 0.2) is 54.6 Å². The number of rotatable bonds is 2. The van der Waals surface area contributed by atoms with Gasteiger partial charge in [0.15, 0.2) is 0 Å². The molecule has 1 nitrogen and oxygen atoms in total. The van der Waals surface area contributed by atoms with Crippen LogP contribution in [0.25, 0.3) is 0 Å². The monoisotopic (exact) mass is 251 g/mol. The highest BCUT2D eigenvalue weighted by Gasteiger charge is 2.28. The number of likely N-dealkylation sites (N-methyl/N-ethyl adjacent to an activating group) is 1. The van der Waals surface area contributed by atoms with E-state index >= 15 is 0 Å². The minimum Gasteiger partial charge on any atom is -0.306 e. The van der Waals surface area contributed by atoms with Gasteiger partial charge in [0.05, 0.1) is 0 Å². The van der Waals surface area contributed by atoms with Gasteiger partial charge in [0.25, 0.3) is 0 Å². The lowest BCUT2D eigenvalue weighted by Crippen LogP contribution is -2.35. The second-order valence-electron chi connectivity index (χ2n) is 5.72. The predicted octanol–water partition coefficient (Wildman–Crippen LogP) is 3.69. The maximum Gasteiger partial charge on any atom is 0.0139 e. The number of hydrogen-bond acceptors (Lipinski definition) is 1. The zero-order valence-electron chi connectivity index (χ0n) is 11.7. The third-order valence-corrected chi connectivity index (χ3v) is 4.33. The van der Waals surface area contributed by atoms with Crippen LogP contribution < -0.4 is 0 Å². The lowest BCUT2D eigenvalue weighted by atomic mass is 9.76. The van der Waals surface area contributed by atoms with E-state index < -0.39 is 0 Å². The maximum absolute atomic E-state index is 2.37. The Morgan fingerprint density at radius 1 is 0.895 bits per heavy atom. The largest absolute Gasteiger partial charge is 0.306 e. The molecule has 0 heterocycles. The van der Waals surface area contributed by atoms with E-state index in [1.807, 2.05) is 0 Å². The Morgan fingerprint density at radius 3 is 2.32 bits per heavy atom. The van der Waals surface area contributed by atoms with Crippen molar-refractivity contribution in [1.29, 1.82) is 0 Å². The molecule has 0 aliphatic heterocycles. The van der Waals surface area contributed by atoms with Crippen molar-refractivity contribution in [3.63, 3.8) is 0 Å². The summed E-state index contributed by atoms with van der Waals surface area (Å²) in [6.45, 7) is 0. The summed E-state index contributed by atoms with van der Waals surface area (Å²) in [5.41, 5.74) is 4.48. The van der Waals surface area contributed by atoms with Gasteiger partial charge >= 0.3 is 0 Å². The molecule has 2 aromatic rings. The molecule has 2 atom stereocenters. The van der Waals surface area contributed by atoms with E-state index in [0.29, 0.717) is 12.0 Å². The van der Waals surface area contributed by atoms with E-state index in [2.05, 4.69) is 73.6 Å². The normalized spacial score (nSPS) is 22.3. The summed E-state index contributed by atoms with van der Waals surface area (Å²) in [5, 5.41) is 0. The van der Waals surface area contributed by atoms with Gasteiger partial charge in [-0.2, -0.15) is 0 Å². The highest BCUT2D eigenvalue weighted by atomic mass is 15.1. The fraction of sp³-hybridized carbons (Fsp3) is 0.333. The van der Waals surface area contributed by atoms with Crippen LogP contribution in [0.1, 0.15) is 29.0 Å². The third-order valence-electron chi connectivity index (χ3n) is 4.33. The minimum absolute atomic E-state index is 0.540. The molecule has 98 valence electrons. The molecule has 0 aromatic heterocycles. The van der Waals surface area contributed by atoms with Crippen LogP contribution in [0, 0.1) is 0 Å². The number of hydrogen-bond donors (Lipinski definition) is 0. The molecule has 0 saturated carbocycles. The first-order valence-corrected chi connectivity index (χ1v) is 7.05. The summed E-state index contributed by atoms with van der Waals surface area (Å²) in [7, 11) is 4.39. The molecule has 0 saturated heterocycles. The van der Waals surface area contributed by atoms with E-state index in [0.717, 1.165) is 0 Å². The van der Waals surface area contributed by atoms with Crippen LogP contribution in [0.2, 0.25) is 0 Å². The number of benzene rings is 2. The van der Waals surface area contributed by atoms with Crippen molar-refractivity contribution in [2.45, 2.75) is 24.8 Å². The van der Waals surface area contributed by atoms with Gasteiger partial charge in [0.1, 0.15) is 0 Å². The second kappa shape index (κ2) is 5.18. The van der Waals surface area contributed by atoms with Gasteiger partial charge in [-0.25, -0.2) is 0 Å². The smallest absolute Gasteiger partial charge is 0.0139 e. The topological polar surface area (TPSA) is 3.24 Å². The van der Waals surface area contributed by atoms with Crippen LogP contribution in [0.3, 0.4) is 0 Å². The van der Waals surface area contributed by atoms with E-state index in [1.165, 1.54) is 29.5 Å². The molecular weight excluding hydrogens is 230 g/mol. The first-order valence-electron chi connectivity index (χ1n) is 7.05. The summed E-state index contributed by atoms with van der Waals surface area (Å²) in [6, 6.07) is 20.5. The molecule has 1 aliphatic carbocycles. The fourth-order valence-corrected chi connectivity index (χ4v) is 3.19. The van der Waals surface area contributed by atoms with Crippen LogP contribution in [0.5, 0.6) is 0 Å². The Labute approximate surface area is 115 Å². The highest BCUT2D eigenvalue weighted by Crippen LogP contribution is 2.37. The van der Waals surface area contributed by atoms with Crippen LogP contribution in [-0.2, 0) is 6.42 Å². The number of fused-ring (bicyclic) bond motifs is 1. The van der Waals surface area contributed by atoms with E-state index in [1.54, 1.807) is 0 Å². The van der Waals surface area contributed by atoms with Crippen molar-refractivity contribution in [2.75, 3.05) is 14.1 Å². The van der Waals surface area contributed by atoms with Gasteiger partial charge in [0, 0.05) is 12.0 Å². The van der Waals surface area contributed by atoms with Crippen molar-refractivity contribution < 1.29 is 0 Å². The minimum atomic E-state index is 0.540. The molecule has 0 radical (unpaired) electrons. The zero-order valence-corrected chi connectivity index (χ0v) is 11.7. The Balaban J connectivity index is 2.03. The molecule has 2 aromatic carbocycles. The number of nitrogens with zero attached hydrogens (tertiary/aromatic N) is 1. The SMILES string of the molecule is CN(C)[C@@H]1Cc2ccccc2C(c2ccccc2)C1. The molecule has 19 heavy (non-hydrogen) atoms. The fourth-order valence-electron chi connectivity index (χ4n) is 3.19. The molecule has 0 N–H and O–H groups in total. The molecule has 1 heteroatoms. The van der Waals surface area contributed by atoms with Crippen molar-refractivity contribution in [3.05, 3.63) is 71.3 Å². The lowest BCUT2D eigenvalue weighted by Gasteiger charge is -2.35. The standard InChI is InChI=1S/C18H21N/c1-19(2)16-12-15-10-6-7-11-17(15)18(13-16)14-8-4-3-5-9-14/h3-11,16,18H,12-13H2,1-2H3/t16-,18?/m1/s1. The predicted molar refractivity (Wildman–Crippen MR) is 80.5 cm³/mol. The average Bonchev–Trinajstić information content (AvgIpc) is 2.47. The quantitative estimate of drug-likeness (QED) is 0.786. The van der Waals surface area contributed by atoms with Gasteiger partial charge in [-0.1, -0.05) is 54.6 Å². The zero-order chi connectivity index (χ0) is 13.2. The van der Waals surface area contributed by atoms with Crippen LogP contribution in [0.4, 0.5) is 0 Å². The third kappa shape index (κ3) is 2.43. The summed E-state index contributed by atoms with van der Waals surface area (Å²) >= 11 is 0. The molecule has 1 aliphatic rings. The second-order valence-corrected chi connectivity index (χ2v) is 5.72. The Hall–Kier alpha value is -1.60. The lowest BCUT2D eigenvalue weighted by molar-refractivity contribution is 0.258.